The van der Waals surface area contributed by atoms with Crippen molar-refractivity contribution >= 4 is 0 Å². The van der Waals surface area contributed by atoms with Crippen LogP contribution in [0.15, 0.2) is 24.3 Å². The molecule has 0 aliphatic heterocycles. The number of benzene rings is 1. The smallest absolute Gasteiger partial charge is 0.0162 e. The summed E-state index contributed by atoms with van der Waals surface area (Å²) in [6.07, 6.45) is 24.3. The third kappa shape index (κ3) is 13.1. The molecule has 0 heteroatoms. The Bertz CT molecular complexity index is 416. The number of aryl methyl sites for hydroxylation is 1. The molecule has 1 unspecified atom stereocenters. The molecule has 0 radical (unpaired) electrons. The molecule has 0 nitrogen and oxygen atoms in total. The van der Waals surface area contributed by atoms with Crippen LogP contribution in [0.5, 0.6) is 0 Å². The largest absolute Gasteiger partial charge is 0.0654 e. The van der Waals surface area contributed by atoms with Gasteiger partial charge in [0.05, 0.1) is 0 Å². The van der Waals surface area contributed by atoms with E-state index in [1.165, 1.54) is 115 Å². The van der Waals surface area contributed by atoms with Crippen LogP contribution in [0.25, 0.3) is 0 Å². The van der Waals surface area contributed by atoms with Crippen LogP contribution in [-0.4, -0.2) is 0 Å². The van der Waals surface area contributed by atoms with Gasteiger partial charge in [-0.05, 0) is 31.2 Å². The lowest BCUT2D eigenvalue weighted by Gasteiger charge is -2.17. The maximum atomic E-state index is 2.36. The summed E-state index contributed by atoms with van der Waals surface area (Å²) >= 11 is 0. The van der Waals surface area contributed by atoms with E-state index in [1.54, 1.807) is 5.56 Å². The van der Waals surface area contributed by atoms with Crippen LogP contribution in [0.1, 0.15) is 140 Å². The first-order valence-electron chi connectivity index (χ1n) is 12.3. The Morgan fingerprint density at radius 1 is 0.519 bits per heavy atom. The molecule has 0 saturated heterocycles. The molecule has 1 rings (SSSR count). The molecule has 1 aromatic carbocycles. The predicted molar refractivity (Wildman–Crippen MR) is 124 cm³/mol. The maximum Gasteiger partial charge on any atom is -0.0162 e. The number of hydrogen-bond acceptors (Lipinski definition) is 0. The molecule has 0 aliphatic carbocycles. The molecular formula is C27H48. The summed E-state index contributed by atoms with van der Waals surface area (Å²) in [7, 11) is 0. The van der Waals surface area contributed by atoms with Crippen LogP contribution in [0, 0.1) is 6.92 Å². The van der Waals surface area contributed by atoms with E-state index in [0.29, 0.717) is 0 Å². The first-order valence-corrected chi connectivity index (χ1v) is 12.3. The van der Waals surface area contributed by atoms with Crippen molar-refractivity contribution in [3.63, 3.8) is 0 Å². The summed E-state index contributed by atoms with van der Waals surface area (Å²) in [5.74, 6) is 0.785. The molecule has 0 aliphatic rings. The third-order valence-corrected chi connectivity index (χ3v) is 6.09. The van der Waals surface area contributed by atoms with Crippen molar-refractivity contribution in [3.8, 4) is 0 Å². The monoisotopic (exact) mass is 372 g/mol. The van der Waals surface area contributed by atoms with Gasteiger partial charge in [0.1, 0.15) is 0 Å². The van der Waals surface area contributed by atoms with E-state index in [9.17, 15) is 0 Å². The molecule has 0 fully saturated rings. The Hall–Kier alpha value is -0.780. The quantitative estimate of drug-likeness (QED) is 0.225. The first-order chi connectivity index (χ1) is 13.3. The van der Waals surface area contributed by atoms with Crippen molar-refractivity contribution in [2.75, 3.05) is 0 Å². The summed E-state index contributed by atoms with van der Waals surface area (Å²) in [5.41, 5.74) is 2.95. The van der Waals surface area contributed by atoms with Crippen LogP contribution < -0.4 is 0 Å². The van der Waals surface area contributed by atoms with E-state index in [-0.39, 0.29) is 0 Å². The Labute approximate surface area is 171 Å². The van der Waals surface area contributed by atoms with Gasteiger partial charge in [-0.1, -0.05) is 140 Å². The van der Waals surface area contributed by atoms with Crippen LogP contribution in [-0.2, 0) is 0 Å². The van der Waals surface area contributed by atoms with Crippen LogP contribution in [0.3, 0.4) is 0 Å². The average molecular weight is 373 g/mol. The normalized spacial score (nSPS) is 12.4. The van der Waals surface area contributed by atoms with Crippen LogP contribution in [0.4, 0.5) is 0 Å². The summed E-state index contributed by atoms with van der Waals surface area (Å²) in [6, 6.07) is 9.28. The van der Waals surface area contributed by atoms with Crippen molar-refractivity contribution in [2.24, 2.45) is 0 Å². The van der Waals surface area contributed by atoms with E-state index >= 15 is 0 Å². The first kappa shape index (κ1) is 24.3. The Morgan fingerprint density at radius 3 is 1.41 bits per heavy atom. The standard InChI is InChI=1S/C27H48/c1-4-6-7-8-9-10-11-12-13-14-15-16-17-18-20-26(19-5-2)27-23-21-25(3)22-24-27/h21-24,26H,4-20H2,1-3H3. The number of unbranched alkanes of at least 4 members (excludes halogenated alkanes) is 13. The van der Waals surface area contributed by atoms with Gasteiger partial charge in [0.25, 0.3) is 0 Å². The van der Waals surface area contributed by atoms with Gasteiger partial charge >= 0.3 is 0 Å². The third-order valence-electron chi connectivity index (χ3n) is 6.09. The zero-order valence-corrected chi connectivity index (χ0v) is 18.9. The second-order valence-corrected chi connectivity index (χ2v) is 8.78. The van der Waals surface area contributed by atoms with Crippen molar-refractivity contribution in [2.45, 2.75) is 136 Å². The molecule has 0 spiro atoms. The minimum atomic E-state index is 0.785. The van der Waals surface area contributed by atoms with Gasteiger partial charge in [0.15, 0.2) is 0 Å². The zero-order valence-electron chi connectivity index (χ0n) is 18.9. The highest BCUT2D eigenvalue weighted by Crippen LogP contribution is 2.27. The molecule has 0 aromatic heterocycles. The Kier molecular flexibility index (Phi) is 15.6. The average Bonchev–Trinajstić information content (AvgIpc) is 2.68. The van der Waals surface area contributed by atoms with E-state index in [4.69, 9.17) is 0 Å². The Morgan fingerprint density at radius 2 is 0.963 bits per heavy atom. The molecule has 27 heavy (non-hydrogen) atoms. The van der Waals surface area contributed by atoms with Gasteiger partial charge in [0, 0.05) is 0 Å². The van der Waals surface area contributed by atoms with Gasteiger partial charge in [-0.2, -0.15) is 0 Å². The minimum absolute atomic E-state index is 0.785. The minimum Gasteiger partial charge on any atom is -0.0654 e. The second kappa shape index (κ2) is 17.3. The van der Waals surface area contributed by atoms with Crippen molar-refractivity contribution in [1.82, 2.24) is 0 Å². The molecule has 1 atom stereocenters. The molecule has 1 aromatic rings. The summed E-state index contributed by atoms with van der Waals surface area (Å²) in [4.78, 5) is 0. The van der Waals surface area contributed by atoms with Gasteiger partial charge in [-0.15, -0.1) is 0 Å². The molecule has 0 amide bonds. The van der Waals surface area contributed by atoms with Crippen LogP contribution >= 0.6 is 0 Å². The van der Waals surface area contributed by atoms with E-state index in [0.717, 1.165) is 5.92 Å². The summed E-state index contributed by atoms with van der Waals surface area (Å²) in [5, 5.41) is 0. The molecule has 0 saturated carbocycles. The fourth-order valence-electron chi connectivity index (χ4n) is 4.25. The van der Waals surface area contributed by atoms with Gasteiger partial charge in [0.2, 0.25) is 0 Å². The van der Waals surface area contributed by atoms with E-state index in [2.05, 4.69) is 45.0 Å². The van der Waals surface area contributed by atoms with E-state index in [1.807, 2.05) is 0 Å². The molecule has 0 N–H and O–H groups in total. The van der Waals surface area contributed by atoms with E-state index < -0.39 is 0 Å². The summed E-state index contributed by atoms with van der Waals surface area (Å²) < 4.78 is 0. The highest BCUT2D eigenvalue weighted by Gasteiger charge is 2.10. The highest BCUT2D eigenvalue weighted by atomic mass is 14.1. The lowest BCUT2D eigenvalue weighted by atomic mass is 9.89. The SMILES string of the molecule is CCCCCCCCCCCCCCCCC(CCC)c1ccc(C)cc1. The fraction of sp³-hybridized carbons (Fsp3) is 0.778. The van der Waals surface area contributed by atoms with Crippen molar-refractivity contribution in [1.29, 1.82) is 0 Å². The van der Waals surface area contributed by atoms with Gasteiger partial charge in [-0.25, -0.2) is 0 Å². The number of hydrogen-bond donors (Lipinski definition) is 0. The Balaban J connectivity index is 1.95. The molecule has 0 heterocycles. The molecular weight excluding hydrogens is 324 g/mol. The second-order valence-electron chi connectivity index (χ2n) is 8.78. The maximum absolute atomic E-state index is 2.36. The summed E-state index contributed by atoms with van der Waals surface area (Å²) in [6.45, 7) is 6.81. The number of rotatable bonds is 18. The zero-order chi connectivity index (χ0) is 19.6. The van der Waals surface area contributed by atoms with Crippen molar-refractivity contribution < 1.29 is 0 Å². The lowest BCUT2D eigenvalue weighted by molar-refractivity contribution is 0.502. The van der Waals surface area contributed by atoms with Crippen molar-refractivity contribution in [3.05, 3.63) is 35.4 Å². The van der Waals surface area contributed by atoms with Gasteiger partial charge in [-0.3, -0.25) is 0 Å². The predicted octanol–water partition coefficient (Wildman–Crippen LogP) is 9.75. The molecule has 156 valence electrons. The topological polar surface area (TPSA) is 0 Å². The van der Waals surface area contributed by atoms with Crippen LogP contribution in [0.2, 0.25) is 0 Å². The fourth-order valence-corrected chi connectivity index (χ4v) is 4.25. The van der Waals surface area contributed by atoms with Gasteiger partial charge < -0.3 is 0 Å². The lowest BCUT2D eigenvalue weighted by Crippen LogP contribution is -1.99. The molecule has 0 bridgehead atoms. The highest BCUT2D eigenvalue weighted by molar-refractivity contribution is 5.24.